The zero-order chi connectivity index (χ0) is 19.7. The number of hydrogen-bond donors (Lipinski definition) is 1. The molecular weight excluding hydrogens is 380 g/mol. The highest BCUT2D eigenvalue weighted by Crippen LogP contribution is 2.26. The normalized spacial score (nSPS) is 11.0. The molecular formula is C19H14N4O4S. The van der Waals surface area contributed by atoms with Gasteiger partial charge in [0, 0.05) is 10.9 Å². The predicted molar refractivity (Wildman–Crippen MR) is 103 cm³/mol. The van der Waals surface area contributed by atoms with Gasteiger partial charge in [0.05, 0.1) is 11.4 Å². The number of ketones is 1. The number of aromatic hydroxyl groups is 1. The van der Waals surface area contributed by atoms with Crippen LogP contribution in [0.25, 0.3) is 16.7 Å². The molecule has 2 aromatic heterocycles. The summed E-state index contributed by atoms with van der Waals surface area (Å²) in [6.45, 7) is 1.64. The van der Waals surface area contributed by atoms with Crippen molar-refractivity contribution < 1.29 is 14.3 Å². The average molecular weight is 394 g/mol. The Hall–Kier alpha value is -3.46. The van der Waals surface area contributed by atoms with Crippen molar-refractivity contribution in [3.63, 3.8) is 0 Å². The molecule has 4 rings (SSSR count). The highest BCUT2D eigenvalue weighted by atomic mass is 32.2. The van der Waals surface area contributed by atoms with Gasteiger partial charge in [-0.3, -0.25) is 4.79 Å². The number of tetrazole rings is 1. The fourth-order valence-electron chi connectivity index (χ4n) is 2.72. The van der Waals surface area contributed by atoms with Crippen molar-refractivity contribution in [1.29, 1.82) is 0 Å². The molecule has 0 radical (unpaired) electrons. The standard InChI is InChI=1S/C19H14N4O4S/c1-11-15(24)8-7-12-9-14(18(26)27-17(11)12)16(25)10-28-19-20-21-22-23(19)13-5-3-2-4-6-13/h2-9,24H,10H2,1H3. The molecule has 0 unspecified atom stereocenters. The Balaban J connectivity index is 1.59. The van der Waals surface area contributed by atoms with Crippen molar-refractivity contribution in [2.24, 2.45) is 0 Å². The smallest absolute Gasteiger partial charge is 0.347 e. The zero-order valence-corrected chi connectivity index (χ0v) is 15.5. The van der Waals surface area contributed by atoms with Gasteiger partial charge in [0.25, 0.3) is 0 Å². The molecule has 0 aliphatic heterocycles. The molecule has 8 nitrogen and oxygen atoms in total. The van der Waals surface area contributed by atoms with Gasteiger partial charge >= 0.3 is 5.63 Å². The highest BCUT2D eigenvalue weighted by molar-refractivity contribution is 7.99. The number of aromatic nitrogens is 4. The van der Waals surface area contributed by atoms with E-state index in [0.29, 0.717) is 16.1 Å². The molecule has 0 amide bonds. The second kappa shape index (κ2) is 7.28. The van der Waals surface area contributed by atoms with Crippen molar-refractivity contribution in [2.75, 3.05) is 5.75 Å². The van der Waals surface area contributed by atoms with Crippen LogP contribution >= 0.6 is 11.8 Å². The minimum absolute atomic E-state index is 0.0260. The van der Waals surface area contributed by atoms with Gasteiger partial charge in [-0.25, -0.2) is 4.79 Å². The van der Waals surface area contributed by atoms with Crippen molar-refractivity contribution in [3.8, 4) is 11.4 Å². The van der Waals surface area contributed by atoms with E-state index in [1.54, 1.807) is 13.0 Å². The molecule has 0 aliphatic carbocycles. The van der Waals surface area contributed by atoms with E-state index in [1.807, 2.05) is 30.3 Å². The molecule has 0 spiro atoms. The van der Waals surface area contributed by atoms with Crippen LogP contribution in [0.2, 0.25) is 0 Å². The Morgan fingerprint density at radius 1 is 1.21 bits per heavy atom. The van der Waals surface area contributed by atoms with Crippen LogP contribution in [0.3, 0.4) is 0 Å². The fourth-order valence-corrected chi connectivity index (χ4v) is 3.49. The Morgan fingerprint density at radius 3 is 2.79 bits per heavy atom. The molecule has 140 valence electrons. The van der Waals surface area contributed by atoms with Crippen LogP contribution < -0.4 is 5.63 Å². The third-order valence-corrected chi connectivity index (χ3v) is 5.12. The lowest BCUT2D eigenvalue weighted by atomic mass is 10.1. The molecule has 1 N–H and O–H groups in total. The largest absolute Gasteiger partial charge is 0.508 e. The van der Waals surface area contributed by atoms with Gasteiger partial charge < -0.3 is 9.52 Å². The molecule has 4 aromatic rings. The van der Waals surface area contributed by atoms with Crippen molar-refractivity contribution >= 4 is 28.5 Å². The van der Waals surface area contributed by atoms with E-state index in [-0.39, 0.29) is 22.6 Å². The van der Waals surface area contributed by atoms with Crippen LogP contribution in [0.1, 0.15) is 15.9 Å². The summed E-state index contributed by atoms with van der Waals surface area (Å²) in [5.74, 6) is -0.396. The SMILES string of the molecule is Cc1c(O)ccc2cc(C(=O)CSc3nnnn3-c3ccccc3)c(=O)oc12. The topological polar surface area (TPSA) is 111 Å². The quantitative estimate of drug-likeness (QED) is 0.312. The lowest BCUT2D eigenvalue weighted by Gasteiger charge is -2.06. The van der Waals surface area contributed by atoms with E-state index in [4.69, 9.17) is 4.42 Å². The number of carbonyl (C=O) groups is 1. The number of fused-ring (bicyclic) bond motifs is 1. The third kappa shape index (κ3) is 3.27. The second-order valence-corrected chi connectivity index (χ2v) is 6.94. The fraction of sp³-hybridized carbons (Fsp3) is 0.105. The molecule has 28 heavy (non-hydrogen) atoms. The first-order valence-electron chi connectivity index (χ1n) is 8.31. The van der Waals surface area contributed by atoms with E-state index in [9.17, 15) is 14.7 Å². The molecule has 0 atom stereocenters. The van der Waals surface area contributed by atoms with E-state index < -0.39 is 11.4 Å². The van der Waals surface area contributed by atoms with Gasteiger partial charge in [-0.1, -0.05) is 30.0 Å². The molecule has 0 bridgehead atoms. The van der Waals surface area contributed by atoms with Crippen molar-refractivity contribution in [3.05, 3.63) is 70.1 Å². The summed E-state index contributed by atoms with van der Waals surface area (Å²) in [6.07, 6.45) is 0. The maximum absolute atomic E-state index is 12.6. The average Bonchev–Trinajstić information content (AvgIpc) is 3.18. The van der Waals surface area contributed by atoms with Gasteiger partial charge in [-0.2, -0.15) is 4.68 Å². The van der Waals surface area contributed by atoms with Crippen LogP contribution in [-0.2, 0) is 0 Å². The Morgan fingerprint density at radius 2 is 2.00 bits per heavy atom. The summed E-state index contributed by atoms with van der Waals surface area (Å²) < 4.78 is 6.79. The Bertz CT molecular complexity index is 1230. The van der Waals surface area contributed by atoms with Crippen LogP contribution in [0.4, 0.5) is 0 Å². The first kappa shape index (κ1) is 17.9. The number of nitrogens with zero attached hydrogens (tertiary/aromatic N) is 4. The number of rotatable bonds is 5. The summed E-state index contributed by atoms with van der Waals surface area (Å²) >= 11 is 1.13. The summed E-state index contributed by atoms with van der Waals surface area (Å²) in [7, 11) is 0. The van der Waals surface area contributed by atoms with Crippen LogP contribution in [0.5, 0.6) is 5.75 Å². The molecule has 0 aliphatic rings. The summed E-state index contributed by atoms with van der Waals surface area (Å²) in [6, 6.07) is 13.9. The number of aryl methyl sites for hydroxylation is 1. The number of phenols is 1. The number of Topliss-reactive ketones (excluding diaryl/α,β-unsaturated/α-hetero) is 1. The molecule has 0 saturated heterocycles. The van der Waals surface area contributed by atoms with Gasteiger partial charge in [0.1, 0.15) is 16.9 Å². The van der Waals surface area contributed by atoms with E-state index in [2.05, 4.69) is 15.5 Å². The first-order valence-corrected chi connectivity index (χ1v) is 9.29. The number of thioether (sulfide) groups is 1. The lowest BCUT2D eigenvalue weighted by molar-refractivity contribution is 0.101. The molecule has 9 heteroatoms. The summed E-state index contributed by atoms with van der Waals surface area (Å²) in [5.41, 5.74) is 0.688. The summed E-state index contributed by atoms with van der Waals surface area (Å²) in [4.78, 5) is 24.9. The third-order valence-electron chi connectivity index (χ3n) is 4.20. The van der Waals surface area contributed by atoms with E-state index in [0.717, 1.165) is 17.4 Å². The molecule has 2 aromatic carbocycles. The zero-order valence-electron chi connectivity index (χ0n) is 14.7. The predicted octanol–water partition coefficient (Wildman–Crippen LogP) is 2.76. The number of para-hydroxylation sites is 1. The van der Waals surface area contributed by atoms with Gasteiger partial charge in [-0.15, -0.1) is 5.10 Å². The number of carbonyl (C=O) groups excluding carboxylic acids is 1. The number of phenolic OH excluding ortho intramolecular Hbond substituents is 1. The second-order valence-electron chi connectivity index (χ2n) is 6.00. The maximum atomic E-state index is 12.6. The van der Waals surface area contributed by atoms with Gasteiger partial charge in [0.2, 0.25) is 5.16 Å². The van der Waals surface area contributed by atoms with Gasteiger partial charge in [-0.05, 0) is 47.7 Å². The Kier molecular flexibility index (Phi) is 4.66. The lowest BCUT2D eigenvalue weighted by Crippen LogP contribution is -2.16. The molecule has 2 heterocycles. The van der Waals surface area contributed by atoms with Crippen molar-refractivity contribution in [2.45, 2.75) is 12.1 Å². The minimum atomic E-state index is -0.741. The maximum Gasteiger partial charge on any atom is 0.347 e. The monoisotopic (exact) mass is 394 g/mol. The number of benzene rings is 2. The summed E-state index contributed by atoms with van der Waals surface area (Å²) in [5, 5.41) is 22.3. The van der Waals surface area contributed by atoms with E-state index >= 15 is 0 Å². The van der Waals surface area contributed by atoms with E-state index in [1.165, 1.54) is 16.8 Å². The first-order chi connectivity index (χ1) is 13.5. The van der Waals surface area contributed by atoms with Crippen LogP contribution in [-0.4, -0.2) is 36.8 Å². The minimum Gasteiger partial charge on any atom is -0.508 e. The van der Waals surface area contributed by atoms with Crippen LogP contribution in [0, 0.1) is 6.92 Å². The van der Waals surface area contributed by atoms with Crippen LogP contribution in [0.15, 0.2) is 62.9 Å². The van der Waals surface area contributed by atoms with Gasteiger partial charge in [0.15, 0.2) is 5.78 Å². The Labute approximate surface area is 162 Å². The van der Waals surface area contributed by atoms with Crippen molar-refractivity contribution in [1.82, 2.24) is 20.2 Å². The molecule has 0 fully saturated rings. The number of hydrogen-bond acceptors (Lipinski definition) is 8. The molecule has 0 saturated carbocycles. The highest BCUT2D eigenvalue weighted by Gasteiger charge is 2.18.